The number of halogens is 4. The summed E-state index contributed by atoms with van der Waals surface area (Å²) in [5.41, 5.74) is 2.81. The molecule has 0 saturated carbocycles. The number of nitrogens with zero attached hydrogens (tertiary/aromatic N) is 1. The minimum absolute atomic E-state index is 0.0524. The fourth-order valence-corrected chi connectivity index (χ4v) is 3.53. The number of anilines is 1. The van der Waals surface area contributed by atoms with Crippen LogP contribution in [0.1, 0.15) is 21.9 Å². The minimum atomic E-state index is -0.898. The van der Waals surface area contributed by atoms with Gasteiger partial charge in [0.25, 0.3) is 5.91 Å². The van der Waals surface area contributed by atoms with Crippen LogP contribution in [0.25, 0.3) is 0 Å². The third-order valence-corrected chi connectivity index (χ3v) is 4.95. The quantitative estimate of drug-likeness (QED) is 0.240. The fourth-order valence-electron chi connectivity index (χ4n) is 2.51. The minimum Gasteiger partial charge on any atom is -0.458 e. The van der Waals surface area contributed by atoms with Gasteiger partial charge in [-0.3, -0.25) is 14.4 Å². The number of hydrogen-bond acceptors (Lipinski definition) is 5. The third-order valence-electron chi connectivity index (χ3n) is 3.97. The zero-order chi connectivity index (χ0) is 24.0. The second kappa shape index (κ2) is 11.2. The predicted molar refractivity (Wildman–Crippen MR) is 127 cm³/mol. The van der Waals surface area contributed by atoms with Crippen LogP contribution in [0.15, 0.2) is 58.0 Å². The van der Waals surface area contributed by atoms with Gasteiger partial charge in [0.15, 0.2) is 0 Å². The molecule has 0 unspecified atom stereocenters. The van der Waals surface area contributed by atoms with Crippen LogP contribution in [0.5, 0.6) is 0 Å². The number of nitrogens with one attached hydrogen (secondary N) is 3. The molecule has 0 aliphatic heterocycles. The van der Waals surface area contributed by atoms with E-state index in [0.717, 1.165) is 0 Å². The first-order valence-electron chi connectivity index (χ1n) is 9.13. The molecule has 1 aromatic heterocycles. The zero-order valence-electron chi connectivity index (χ0n) is 16.5. The van der Waals surface area contributed by atoms with E-state index in [1.54, 1.807) is 12.1 Å². The lowest BCUT2D eigenvalue weighted by atomic mass is 10.2. The Bertz CT molecular complexity index is 1220. The summed E-state index contributed by atoms with van der Waals surface area (Å²) >= 11 is 23.5. The summed E-state index contributed by atoms with van der Waals surface area (Å²) in [6, 6.07) is 12.0. The maximum Gasteiger partial charge on any atom is 0.313 e. The second-order valence-corrected chi connectivity index (χ2v) is 8.14. The van der Waals surface area contributed by atoms with Gasteiger partial charge in [-0.2, -0.15) is 5.10 Å². The summed E-state index contributed by atoms with van der Waals surface area (Å²) in [6.07, 6.45) is 1.27. The van der Waals surface area contributed by atoms with E-state index in [0.29, 0.717) is 26.6 Å². The molecule has 0 aliphatic rings. The monoisotopic (exact) mass is 526 g/mol. The highest BCUT2D eigenvalue weighted by atomic mass is 35.5. The molecule has 3 rings (SSSR count). The van der Waals surface area contributed by atoms with E-state index in [4.69, 9.17) is 50.8 Å². The number of amides is 3. The standard InChI is InChI=1S/C21H14Cl4N4O4/c22-11-1-4-17(18(25)8-11)19(30)29-27-10-16-3-2-15(33-16)9-26-20(31)21(32)28-14-6-12(23)5-13(24)7-14/h1-8,10H,9H2,(H,26,31)(H,28,32)(H,29,30)/b27-10-. The van der Waals surface area contributed by atoms with Crippen molar-refractivity contribution in [2.45, 2.75) is 6.54 Å². The first-order valence-corrected chi connectivity index (χ1v) is 10.6. The molecular weight excluding hydrogens is 514 g/mol. The van der Waals surface area contributed by atoms with Crippen LogP contribution in [0.3, 0.4) is 0 Å². The lowest BCUT2D eigenvalue weighted by molar-refractivity contribution is -0.136. The topological polar surface area (TPSA) is 113 Å². The van der Waals surface area contributed by atoms with E-state index in [-0.39, 0.29) is 22.8 Å². The van der Waals surface area contributed by atoms with Crippen LogP contribution in [0.4, 0.5) is 5.69 Å². The number of carbonyl (C=O) groups excluding carboxylic acids is 3. The van der Waals surface area contributed by atoms with E-state index >= 15 is 0 Å². The average Bonchev–Trinajstić information content (AvgIpc) is 3.18. The number of hydrogen-bond donors (Lipinski definition) is 3. The van der Waals surface area contributed by atoms with Crippen molar-refractivity contribution in [3.8, 4) is 0 Å². The van der Waals surface area contributed by atoms with Crippen molar-refractivity contribution in [3.05, 3.63) is 85.7 Å². The highest BCUT2D eigenvalue weighted by Crippen LogP contribution is 2.22. The zero-order valence-corrected chi connectivity index (χ0v) is 19.5. The number of benzene rings is 2. The molecule has 0 radical (unpaired) electrons. The lowest BCUT2D eigenvalue weighted by Crippen LogP contribution is -2.34. The van der Waals surface area contributed by atoms with Crippen LogP contribution in [0.2, 0.25) is 20.1 Å². The van der Waals surface area contributed by atoms with Crippen molar-refractivity contribution in [3.63, 3.8) is 0 Å². The Balaban J connectivity index is 1.49. The summed E-state index contributed by atoms with van der Waals surface area (Å²) in [5.74, 6) is -1.65. The smallest absolute Gasteiger partial charge is 0.313 e. The number of hydrazone groups is 1. The van der Waals surface area contributed by atoms with Crippen LogP contribution < -0.4 is 16.1 Å². The number of rotatable bonds is 6. The second-order valence-electron chi connectivity index (χ2n) is 6.42. The van der Waals surface area contributed by atoms with E-state index in [9.17, 15) is 14.4 Å². The normalized spacial score (nSPS) is 10.8. The summed E-state index contributed by atoms with van der Waals surface area (Å²) in [4.78, 5) is 36.1. The van der Waals surface area contributed by atoms with E-state index in [1.807, 2.05) is 0 Å². The molecule has 3 aromatic rings. The first-order chi connectivity index (χ1) is 15.7. The molecule has 0 spiro atoms. The molecular formula is C21H14Cl4N4O4. The van der Waals surface area contributed by atoms with Crippen LogP contribution in [-0.4, -0.2) is 23.9 Å². The van der Waals surface area contributed by atoms with Crippen molar-refractivity contribution in [2.75, 3.05) is 5.32 Å². The number of carbonyl (C=O) groups is 3. The Morgan fingerprint density at radius 2 is 1.61 bits per heavy atom. The largest absolute Gasteiger partial charge is 0.458 e. The van der Waals surface area contributed by atoms with Crippen molar-refractivity contribution in [2.24, 2.45) is 5.10 Å². The summed E-state index contributed by atoms with van der Waals surface area (Å²) in [6.45, 7) is -0.0524. The number of furan rings is 1. The van der Waals surface area contributed by atoms with Gasteiger partial charge < -0.3 is 15.1 Å². The Morgan fingerprint density at radius 3 is 2.30 bits per heavy atom. The summed E-state index contributed by atoms with van der Waals surface area (Å²) in [7, 11) is 0. The fraction of sp³-hybridized carbons (Fsp3) is 0.0476. The van der Waals surface area contributed by atoms with Crippen molar-refractivity contribution in [1.29, 1.82) is 0 Å². The SMILES string of the molecule is O=C(NCc1ccc(/C=N\NC(=O)c2ccc(Cl)cc2Cl)o1)C(=O)Nc1cc(Cl)cc(Cl)c1. The van der Waals surface area contributed by atoms with Crippen molar-refractivity contribution >= 4 is 76.0 Å². The lowest BCUT2D eigenvalue weighted by Gasteiger charge is -2.06. The molecule has 0 saturated heterocycles. The Kier molecular flexibility index (Phi) is 8.35. The van der Waals surface area contributed by atoms with Gasteiger partial charge in [0.1, 0.15) is 11.5 Å². The third kappa shape index (κ3) is 7.23. The van der Waals surface area contributed by atoms with Crippen LogP contribution in [0, 0.1) is 0 Å². The Labute approximate surface area is 207 Å². The summed E-state index contributed by atoms with van der Waals surface area (Å²) < 4.78 is 5.47. The predicted octanol–water partition coefficient (Wildman–Crippen LogP) is 4.91. The van der Waals surface area contributed by atoms with Gasteiger partial charge >= 0.3 is 11.8 Å². The maximum atomic E-state index is 12.1. The molecule has 3 N–H and O–H groups in total. The maximum absolute atomic E-state index is 12.1. The van der Waals surface area contributed by atoms with Crippen LogP contribution in [-0.2, 0) is 16.1 Å². The van der Waals surface area contributed by atoms with Crippen LogP contribution >= 0.6 is 46.4 Å². The molecule has 1 heterocycles. The van der Waals surface area contributed by atoms with Gasteiger partial charge in [0.2, 0.25) is 0 Å². The first kappa shape index (κ1) is 24.6. The van der Waals surface area contributed by atoms with Gasteiger partial charge in [0.05, 0.1) is 23.3 Å². The molecule has 0 atom stereocenters. The van der Waals surface area contributed by atoms with E-state index < -0.39 is 17.7 Å². The van der Waals surface area contributed by atoms with Gasteiger partial charge in [-0.1, -0.05) is 46.4 Å². The molecule has 0 aliphatic carbocycles. The molecule has 8 nitrogen and oxygen atoms in total. The van der Waals surface area contributed by atoms with E-state index in [1.165, 1.54) is 42.6 Å². The van der Waals surface area contributed by atoms with E-state index in [2.05, 4.69) is 21.2 Å². The highest BCUT2D eigenvalue weighted by Gasteiger charge is 2.15. The highest BCUT2D eigenvalue weighted by molar-refractivity contribution is 6.40. The van der Waals surface area contributed by atoms with Gasteiger partial charge in [-0.15, -0.1) is 0 Å². The van der Waals surface area contributed by atoms with Gasteiger partial charge in [-0.05, 0) is 48.5 Å². The molecule has 2 aromatic carbocycles. The molecule has 0 bridgehead atoms. The summed E-state index contributed by atoms with van der Waals surface area (Å²) in [5, 5.41) is 9.83. The Hall–Kier alpha value is -3.04. The van der Waals surface area contributed by atoms with Crippen molar-refractivity contribution < 1.29 is 18.8 Å². The van der Waals surface area contributed by atoms with Gasteiger partial charge in [0, 0.05) is 20.8 Å². The molecule has 0 fully saturated rings. The molecule has 33 heavy (non-hydrogen) atoms. The Morgan fingerprint density at radius 1 is 0.879 bits per heavy atom. The average molecular weight is 528 g/mol. The van der Waals surface area contributed by atoms with Crippen molar-refractivity contribution in [1.82, 2.24) is 10.7 Å². The molecule has 3 amide bonds. The van der Waals surface area contributed by atoms with Gasteiger partial charge in [-0.25, -0.2) is 5.43 Å². The molecule has 170 valence electrons. The molecule has 12 heteroatoms.